The van der Waals surface area contributed by atoms with Gasteiger partial charge in [0.2, 0.25) is 5.91 Å². The average molecular weight is 486 g/mol. The van der Waals surface area contributed by atoms with E-state index in [-0.39, 0.29) is 35.3 Å². The highest BCUT2D eigenvalue weighted by molar-refractivity contribution is 14.0. The predicted octanol–water partition coefficient (Wildman–Crippen LogP) is 3.47. The average Bonchev–Trinajstić information content (AvgIpc) is 2.61. The summed E-state index contributed by atoms with van der Waals surface area (Å²) < 4.78 is 0. The van der Waals surface area contributed by atoms with Crippen LogP contribution in [0.4, 0.5) is 0 Å². The third-order valence-corrected chi connectivity index (χ3v) is 5.02. The Hall–Kier alpha value is -1.31. The summed E-state index contributed by atoms with van der Waals surface area (Å²) >= 11 is 0. The number of halogens is 1. The minimum Gasteiger partial charge on any atom is -0.354 e. The molecule has 2 N–H and O–H groups in total. The minimum atomic E-state index is -0.351. The number of carbonyl (C=O) groups excluding carboxylic acids is 1. The number of rotatable bonds is 4. The van der Waals surface area contributed by atoms with Crippen LogP contribution < -0.4 is 10.6 Å². The van der Waals surface area contributed by atoms with Crippen molar-refractivity contribution in [3.63, 3.8) is 0 Å². The number of benzene rings is 1. The number of carbonyl (C=O) groups is 1. The topological polar surface area (TPSA) is 56.7 Å². The number of likely N-dealkylation sites (tertiary alicyclic amines) is 1. The van der Waals surface area contributed by atoms with Crippen LogP contribution in [0.5, 0.6) is 0 Å². The lowest BCUT2D eigenvalue weighted by atomic mass is 9.82. The molecule has 27 heavy (non-hydrogen) atoms. The second-order valence-electron chi connectivity index (χ2n) is 8.21. The molecule has 2 rings (SSSR count). The fraction of sp³-hybridized carbons (Fsp3) is 0.619. The lowest BCUT2D eigenvalue weighted by Gasteiger charge is -2.39. The fourth-order valence-electron chi connectivity index (χ4n) is 3.48. The molecule has 1 fully saturated rings. The second kappa shape index (κ2) is 10.9. The van der Waals surface area contributed by atoms with Gasteiger partial charge in [-0.05, 0) is 23.8 Å². The van der Waals surface area contributed by atoms with E-state index in [2.05, 4.69) is 57.8 Å². The van der Waals surface area contributed by atoms with Gasteiger partial charge in [-0.25, -0.2) is 0 Å². The molecule has 1 saturated heterocycles. The van der Waals surface area contributed by atoms with Crippen LogP contribution in [0, 0.1) is 11.3 Å². The number of guanidine groups is 1. The largest absolute Gasteiger partial charge is 0.354 e. The smallest absolute Gasteiger partial charge is 0.225 e. The summed E-state index contributed by atoms with van der Waals surface area (Å²) in [6, 6.07) is 10.8. The molecular weight excluding hydrogens is 451 g/mol. The Bertz CT molecular complexity index is 612. The Morgan fingerprint density at radius 3 is 2.37 bits per heavy atom. The zero-order valence-corrected chi connectivity index (χ0v) is 19.6. The minimum absolute atomic E-state index is 0. The van der Waals surface area contributed by atoms with E-state index in [0.29, 0.717) is 24.9 Å². The van der Waals surface area contributed by atoms with E-state index in [1.54, 1.807) is 0 Å². The van der Waals surface area contributed by atoms with Crippen molar-refractivity contribution >= 4 is 35.8 Å². The van der Waals surface area contributed by atoms with Crippen LogP contribution >= 0.6 is 24.0 Å². The molecule has 1 amide bonds. The summed E-state index contributed by atoms with van der Waals surface area (Å²) in [5, 5.41) is 6.35. The highest BCUT2D eigenvalue weighted by Crippen LogP contribution is 2.32. The van der Waals surface area contributed by atoms with Crippen molar-refractivity contribution in [1.29, 1.82) is 0 Å². The Labute approximate surface area is 181 Å². The first-order valence-corrected chi connectivity index (χ1v) is 9.61. The second-order valence-corrected chi connectivity index (χ2v) is 8.21. The monoisotopic (exact) mass is 486 g/mol. The lowest BCUT2D eigenvalue weighted by Crippen LogP contribution is -2.49. The van der Waals surface area contributed by atoms with Crippen LogP contribution in [0.25, 0.3) is 0 Å². The number of aliphatic imine (C=N–C) groups is 1. The van der Waals surface area contributed by atoms with E-state index in [1.165, 1.54) is 5.56 Å². The Balaban J connectivity index is 0.00000364. The molecule has 6 heteroatoms. The molecular formula is C21H35IN4O. The van der Waals surface area contributed by atoms with Gasteiger partial charge in [0.15, 0.2) is 5.96 Å². The zero-order chi connectivity index (χ0) is 19.2. The first kappa shape index (κ1) is 23.7. The summed E-state index contributed by atoms with van der Waals surface area (Å²) in [5.41, 5.74) is 1.09. The van der Waals surface area contributed by atoms with Gasteiger partial charge in [-0.3, -0.25) is 9.79 Å². The Kier molecular flexibility index (Phi) is 9.56. The van der Waals surface area contributed by atoms with Crippen molar-refractivity contribution in [2.24, 2.45) is 16.3 Å². The van der Waals surface area contributed by atoms with Crippen LogP contribution in [0.1, 0.15) is 45.6 Å². The van der Waals surface area contributed by atoms with Crippen molar-refractivity contribution in [2.45, 2.75) is 40.0 Å². The first-order valence-electron chi connectivity index (χ1n) is 9.61. The molecule has 1 aromatic rings. The third-order valence-electron chi connectivity index (χ3n) is 5.02. The van der Waals surface area contributed by atoms with E-state index in [1.807, 2.05) is 27.8 Å². The number of hydrogen-bond donors (Lipinski definition) is 2. The van der Waals surface area contributed by atoms with Crippen LogP contribution in [0.15, 0.2) is 35.3 Å². The zero-order valence-electron chi connectivity index (χ0n) is 17.3. The summed E-state index contributed by atoms with van der Waals surface area (Å²) in [5.74, 6) is 2.18. The molecule has 1 aliphatic rings. The number of hydrogen-bond acceptors (Lipinski definition) is 2. The van der Waals surface area contributed by atoms with E-state index in [0.717, 1.165) is 25.5 Å². The molecule has 1 heterocycles. The van der Waals surface area contributed by atoms with Crippen molar-refractivity contribution < 1.29 is 4.79 Å². The van der Waals surface area contributed by atoms with Gasteiger partial charge in [0.25, 0.3) is 0 Å². The van der Waals surface area contributed by atoms with E-state index in [4.69, 9.17) is 0 Å². The maximum Gasteiger partial charge on any atom is 0.225 e. The van der Waals surface area contributed by atoms with E-state index >= 15 is 0 Å². The quantitative estimate of drug-likeness (QED) is 0.297. The number of amides is 1. The molecule has 2 unspecified atom stereocenters. The van der Waals surface area contributed by atoms with Gasteiger partial charge >= 0.3 is 0 Å². The van der Waals surface area contributed by atoms with Gasteiger partial charge in [0.1, 0.15) is 0 Å². The van der Waals surface area contributed by atoms with Gasteiger partial charge in [0, 0.05) is 38.6 Å². The summed E-state index contributed by atoms with van der Waals surface area (Å²) in [6.07, 6.45) is 1.13. The summed E-state index contributed by atoms with van der Waals surface area (Å²) in [7, 11) is 1.82. The van der Waals surface area contributed by atoms with Crippen molar-refractivity contribution in [3.05, 3.63) is 35.9 Å². The predicted molar refractivity (Wildman–Crippen MR) is 124 cm³/mol. The fourth-order valence-corrected chi connectivity index (χ4v) is 3.48. The van der Waals surface area contributed by atoms with Crippen molar-refractivity contribution in [1.82, 2.24) is 15.5 Å². The normalized spacial score (nSPS) is 20.6. The first-order chi connectivity index (χ1) is 12.3. The van der Waals surface area contributed by atoms with Crippen LogP contribution in [0.2, 0.25) is 0 Å². The molecule has 2 atom stereocenters. The maximum atomic E-state index is 11.9. The van der Waals surface area contributed by atoms with E-state index < -0.39 is 0 Å². The SMILES string of the molecule is CN=C(NCCNC(=O)C(C)(C)C)N1CCC(c2ccccc2)C(C)C1.I. The maximum absolute atomic E-state index is 11.9. The Morgan fingerprint density at radius 1 is 1.19 bits per heavy atom. The van der Waals surface area contributed by atoms with Crippen molar-refractivity contribution in [3.8, 4) is 0 Å². The lowest BCUT2D eigenvalue weighted by molar-refractivity contribution is -0.128. The molecule has 0 aromatic heterocycles. The van der Waals surface area contributed by atoms with Crippen LogP contribution in [0.3, 0.4) is 0 Å². The van der Waals surface area contributed by atoms with Crippen molar-refractivity contribution in [2.75, 3.05) is 33.2 Å². The standard InChI is InChI=1S/C21H34N4O.HI/c1-16-15-25(14-11-18(16)17-9-7-6-8-10-17)20(22-5)24-13-12-23-19(26)21(2,3)4;/h6-10,16,18H,11-15H2,1-5H3,(H,22,24)(H,23,26);1H. The number of nitrogens with zero attached hydrogens (tertiary/aromatic N) is 2. The molecule has 0 bridgehead atoms. The van der Waals surface area contributed by atoms with Gasteiger partial charge < -0.3 is 15.5 Å². The number of piperidine rings is 1. The third kappa shape index (κ3) is 6.97. The molecule has 152 valence electrons. The van der Waals surface area contributed by atoms with Gasteiger partial charge in [-0.2, -0.15) is 0 Å². The molecule has 1 aromatic carbocycles. The molecule has 5 nitrogen and oxygen atoms in total. The van der Waals surface area contributed by atoms with Crippen LogP contribution in [-0.4, -0.2) is 50.0 Å². The molecule has 0 radical (unpaired) electrons. The summed E-state index contributed by atoms with van der Waals surface area (Å²) in [4.78, 5) is 18.7. The van der Waals surface area contributed by atoms with Gasteiger partial charge in [-0.1, -0.05) is 58.0 Å². The van der Waals surface area contributed by atoms with Gasteiger partial charge in [-0.15, -0.1) is 24.0 Å². The summed E-state index contributed by atoms with van der Waals surface area (Å²) in [6.45, 7) is 11.4. The molecule has 0 saturated carbocycles. The Morgan fingerprint density at radius 2 is 1.81 bits per heavy atom. The van der Waals surface area contributed by atoms with Crippen LogP contribution in [-0.2, 0) is 4.79 Å². The van der Waals surface area contributed by atoms with Gasteiger partial charge in [0.05, 0.1) is 0 Å². The highest BCUT2D eigenvalue weighted by Gasteiger charge is 2.28. The molecule has 1 aliphatic heterocycles. The van der Waals surface area contributed by atoms with E-state index in [9.17, 15) is 4.79 Å². The number of nitrogens with one attached hydrogen (secondary N) is 2. The molecule has 0 spiro atoms. The molecule has 0 aliphatic carbocycles. The highest BCUT2D eigenvalue weighted by atomic mass is 127.